The van der Waals surface area contributed by atoms with E-state index in [9.17, 15) is 19.7 Å². The number of fused-ring (bicyclic) bond motifs is 1. The fourth-order valence-corrected chi connectivity index (χ4v) is 3.78. The summed E-state index contributed by atoms with van der Waals surface area (Å²) in [5.41, 5.74) is 1.71. The van der Waals surface area contributed by atoms with Gasteiger partial charge in [0.2, 0.25) is 0 Å². The van der Waals surface area contributed by atoms with Crippen molar-refractivity contribution in [1.29, 1.82) is 0 Å². The number of thiazole rings is 1. The Morgan fingerprint density at radius 1 is 1.25 bits per heavy atom. The monoisotopic (exact) mass is 399 g/mol. The first-order chi connectivity index (χ1) is 13.4. The van der Waals surface area contributed by atoms with Crippen LogP contribution in [-0.4, -0.2) is 28.0 Å². The molecular weight excluding hydrogens is 382 g/mol. The Morgan fingerprint density at radius 2 is 2.04 bits per heavy atom. The number of aromatic nitrogens is 1. The lowest BCUT2D eigenvalue weighted by atomic mass is 10.2. The highest BCUT2D eigenvalue weighted by Gasteiger charge is 2.14. The largest absolute Gasteiger partial charge is 0.465 e. The van der Waals surface area contributed by atoms with Crippen LogP contribution in [-0.2, 0) is 16.1 Å². The quantitative estimate of drug-likeness (QED) is 0.372. The van der Waals surface area contributed by atoms with Crippen molar-refractivity contribution in [2.24, 2.45) is 4.99 Å². The van der Waals surface area contributed by atoms with Crippen LogP contribution in [0.4, 0.5) is 5.69 Å². The fraction of sp³-hybridized carbons (Fsp3) is 0.211. The molecule has 1 heterocycles. The fourth-order valence-electron chi connectivity index (χ4n) is 2.66. The lowest BCUT2D eigenvalue weighted by Crippen LogP contribution is -2.23. The second-order valence-electron chi connectivity index (χ2n) is 5.97. The molecule has 0 spiro atoms. The van der Waals surface area contributed by atoms with Crippen molar-refractivity contribution < 1.29 is 19.2 Å². The minimum absolute atomic E-state index is 0.0854. The van der Waals surface area contributed by atoms with Gasteiger partial charge in [-0.3, -0.25) is 19.7 Å². The topological polar surface area (TPSA) is 104 Å². The van der Waals surface area contributed by atoms with E-state index in [4.69, 9.17) is 4.74 Å². The summed E-state index contributed by atoms with van der Waals surface area (Å²) < 4.78 is 7.51. The van der Waals surface area contributed by atoms with E-state index < -0.39 is 16.8 Å². The molecule has 2 aromatic carbocycles. The highest BCUT2D eigenvalue weighted by Crippen LogP contribution is 2.20. The predicted molar refractivity (Wildman–Crippen MR) is 104 cm³/mol. The normalized spacial score (nSPS) is 11.6. The average Bonchev–Trinajstić information content (AvgIpc) is 2.98. The summed E-state index contributed by atoms with van der Waals surface area (Å²) in [6.07, 6.45) is 0. The smallest absolute Gasteiger partial charge is 0.326 e. The van der Waals surface area contributed by atoms with Gasteiger partial charge in [0.05, 0.1) is 21.7 Å². The Morgan fingerprint density at radius 3 is 2.75 bits per heavy atom. The number of nitrogens with zero attached hydrogens (tertiary/aromatic N) is 3. The van der Waals surface area contributed by atoms with Gasteiger partial charge in [-0.15, -0.1) is 0 Å². The Balaban J connectivity index is 2.10. The van der Waals surface area contributed by atoms with Crippen molar-refractivity contribution in [1.82, 2.24) is 4.57 Å². The van der Waals surface area contributed by atoms with Gasteiger partial charge in [-0.2, -0.15) is 4.99 Å². The Hall–Kier alpha value is -3.33. The number of rotatable bonds is 5. The zero-order chi connectivity index (χ0) is 20.3. The molecule has 3 rings (SSSR count). The molecule has 8 nitrogen and oxygen atoms in total. The van der Waals surface area contributed by atoms with Crippen LogP contribution in [0.15, 0.2) is 47.5 Å². The van der Waals surface area contributed by atoms with Crippen molar-refractivity contribution in [2.75, 3.05) is 6.61 Å². The first-order valence-electron chi connectivity index (χ1n) is 8.48. The minimum atomic E-state index is -0.621. The minimum Gasteiger partial charge on any atom is -0.465 e. The van der Waals surface area contributed by atoms with E-state index in [0.29, 0.717) is 4.80 Å². The molecule has 28 heavy (non-hydrogen) atoms. The van der Waals surface area contributed by atoms with Crippen LogP contribution in [0, 0.1) is 17.0 Å². The second-order valence-corrected chi connectivity index (χ2v) is 6.98. The number of hydrogen-bond donors (Lipinski definition) is 0. The lowest BCUT2D eigenvalue weighted by Gasteiger charge is -2.05. The summed E-state index contributed by atoms with van der Waals surface area (Å²) >= 11 is 1.27. The molecule has 1 aromatic heterocycles. The van der Waals surface area contributed by atoms with E-state index in [2.05, 4.69) is 4.99 Å². The van der Waals surface area contributed by atoms with E-state index in [0.717, 1.165) is 15.8 Å². The number of non-ortho nitro benzene ring substituents is 1. The number of benzene rings is 2. The summed E-state index contributed by atoms with van der Waals surface area (Å²) in [5.74, 6) is -1.06. The van der Waals surface area contributed by atoms with E-state index in [-0.39, 0.29) is 24.4 Å². The molecule has 0 bridgehead atoms. The zero-order valence-electron chi connectivity index (χ0n) is 15.2. The standard InChI is InChI=1S/C19H17N3O5S/c1-3-27-17(23)11-21-15-8-7-12(2)9-16(15)28-19(21)20-18(24)13-5-4-6-14(10-13)22(25)26/h4-10H,3,11H2,1-2H3. The van der Waals surface area contributed by atoms with Crippen LogP contribution in [0.2, 0.25) is 0 Å². The maximum Gasteiger partial charge on any atom is 0.326 e. The third kappa shape index (κ3) is 4.15. The number of carbonyl (C=O) groups excluding carboxylic acids is 2. The molecule has 0 unspecified atom stereocenters. The predicted octanol–water partition coefficient (Wildman–Crippen LogP) is 3.22. The Kier molecular flexibility index (Phi) is 5.65. The summed E-state index contributed by atoms with van der Waals surface area (Å²) in [6.45, 7) is 3.83. The first kappa shape index (κ1) is 19.4. The molecule has 9 heteroatoms. The molecule has 0 radical (unpaired) electrons. The van der Waals surface area contributed by atoms with Gasteiger partial charge in [0, 0.05) is 17.7 Å². The molecule has 0 aliphatic rings. The molecule has 0 atom stereocenters. The lowest BCUT2D eigenvalue weighted by molar-refractivity contribution is -0.384. The average molecular weight is 399 g/mol. The zero-order valence-corrected chi connectivity index (χ0v) is 16.1. The molecule has 3 aromatic rings. The summed E-state index contributed by atoms with van der Waals surface area (Å²) in [4.78, 5) is 39.4. The van der Waals surface area contributed by atoms with Crippen LogP contribution in [0.3, 0.4) is 0 Å². The van der Waals surface area contributed by atoms with E-state index in [1.54, 1.807) is 11.5 Å². The molecular formula is C19H17N3O5S. The summed E-state index contributed by atoms with van der Waals surface area (Å²) in [6, 6.07) is 11.1. The number of aryl methyl sites for hydroxylation is 1. The molecule has 0 aliphatic heterocycles. The van der Waals surface area contributed by atoms with E-state index >= 15 is 0 Å². The van der Waals surface area contributed by atoms with Crippen LogP contribution < -0.4 is 4.80 Å². The van der Waals surface area contributed by atoms with Crippen LogP contribution in [0.5, 0.6) is 0 Å². The number of esters is 1. The number of carbonyl (C=O) groups is 2. The molecule has 0 saturated carbocycles. The summed E-state index contributed by atoms with van der Waals surface area (Å²) in [5, 5.41) is 10.9. The van der Waals surface area contributed by atoms with Gasteiger partial charge in [0.25, 0.3) is 11.6 Å². The maximum absolute atomic E-state index is 12.6. The van der Waals surface area contributed by atoms with E-state index in [1.165, 1.54) is 35.6 Å². The third-order valence-electron chi connectivity index (χ3n) is 3.93. The summed E-state index contributed by atoms with van der Waals surface area (Å²) in [7, 11) is 0. The highest BCUT2D eigenvalue weighted by molar-refractivity contribution is 7.16. The highest BCUT2D eigenvalue weighted by atomic mass is 32.1. The van der Waals surface area contributed by atoms with Gasteiger partial charge in [0.15, 0.2) is 4.80 Å². The van der Waals surface area contributed by atoms with Gasteiger partial charge in [-0.05, 0) is 37.6 Å². The SMILES string of the molecule is CCOC(=O)Cn1c(=NC(=O)c2cccc([N+](=O)[O-])c2)sc2cc(C)ccc21. The van der Waals surface area contributed by atoms with Crippen molar-refractivity contribution in [3.8, 4) is 0 Å². The number of nitro benzene ring substituents is 1. The Bertz CT molecular complexity index is 1150. The van der Waals surface area contributed by atoms with Crippen molar-refractivity contribution in [3.63, 3.8) is 0 Å². The van der Waals surface area contributed by atoms with Crippen LogP contribution in [0.1, 0.15) is 22.8 Å². The number of nitro groups is 1. The number of amides is 1. The molecule has 144 valence electrons. The first-order valence-corrected chi connectivity index (χ1v) is 9.30. The molecule has 0 fully saturated rings. The second kappa shape index (κ2) is 8.13. The molecule has 0 N–H and O–H groups in total. The molecule has 1 amide bonds. The molecule has 0 saturated heterocycles. The number of ether oxygens (including phenoxy) is 1. The van der Waals surface area contributed by atoms with Crippen LogP contribution in [0.25, 0.3) is 10.2 Å². The van der Waals surface area contributed by atoms with Crippen molar-refractivity contribution in [2.45, 2.75) is 20.4 Å². The Labute approximate surface area is 163 Å². The van der Waals surface area contributed by atoms with Crippen molar-refractivity contribution >= 4 is 39.1 Å². The van der Waals surface area contributed by atoms with Gasteiger partial charge >= 0.3 is 5.97 Å². The number of hydrogen-bond acceptors (Lipinski definition) is 6. The van der Waals surface area contributed by atoms with Gasteiger partial charge in [0.1, 0.15) is 6.54 Å². The van der Waals surface area contributed by atoms with Crippen molar-refractivity contribution in [3.05, 3.63) is 68.5 Å². The maximum atomic E-state index is 12.6. The van der Waals surface area contributed by atoms with E-state index in [1.807, 2.05) is 25.1 Å². The third-order valence-corrected chi connectivity index (χ3v) is 4.97. The van der Waals surface area contributed by atoms with Gasteiger partial charge < -0.3 is 9.30 Å². The van der Waals surface area contributed by atoms with Gasteiger partial charge in [-0.25, -0.2) is 0 Å². The van der Waals surface area contributed by atoms with Crippen LogP contribution >= 0.6 is 11.3 Å². The van der Waals surface area contributed by atoms with Gasteiger partial charge in [-0.1, -0.05) is 23.5 Å². The molecule has 0 aliphatic carbocycles.